The van der Waals surface area contributed by atoms with E-state index < -0.39 is 97.0 Å². The van der Waals surface area contributed by atoms with Gasteiger partial charge in [0.25, 0.3) is 0 Å². The van der Waals surface area contributed by atoms with Crippen LogP contribution in [0.1, 0.15) is 107 Å². The molecule has 0 aliphatic carbocycles. The SMILES string of the molecule is CCN(CC)CC.Cl.Cl.Cl.N[C@@H]1CC[C@@H](c2cccc(F)c2F)CN(CC(F)(F)F)C1=O.O=C(N[C@@H]1CCC(c2cccc(F)c2F)CN(CC(F)(F)F)C1=O)N1CCC(n2c(=O)[nH]c3ncccc32)CC1.O=c1[nH]c2ncccc2n1C1CCNCC1. The van der Waals surface area contributed by atoms with E-state index in [1.807, 2.05) is 16.7 Å². The fraction of sp³-hybridized carbons (Fsp3) is 0.526. The van der Waals surface area contributed by atoms with Crippen LogP contribution in [0.5, 0.6) is 0 Å². The molecule has 6 N–H and O–H groups in total. The van der Waals surface area contributed by atoms with Crippen LogP contribution in [0.4, 0.5) is 48.7 Å². The number of benzene rings is 2. The Morgan fingerprint density at radius 2 is 1.03 bits per heavy atom. The van der Waals surface area contributed by atoms with Crippen molar-refractivity contribution in [3.8, 4) is 0 Å². The number of halogens is 13. The van der Waals surface area contributed by atoms with Gasteiger partial charge in [0.05, 0.1) is 17.1 Å². The number of nitrogens with one attached hydrogen (secondary N) is 4. The third kappa shape index (κ3) is 19.3. The highest BCUT2D eigenvalue weighted by Crippen LogP contribution is 2.34. The number of hydrogen-bond donors (Lipinski definition) is 5. The summed E-state index contributed by atoms with van der Waals surface area (Å²) in [6.07, 6.45) is -2.81. The standard InChI is InChI=1S/C26H27F5N6O3.C14H15F5N2O.C11H14N4O.C6H15N.3ClH/c27-18-4-1-3-17(21(18)28)15-6-7-19(23(38)36(13-15)14-26(29,30)31)33-24(39)35-11-8-16(9-12-35)37-20-5-2-10-32-22(20)34-25(37)40;15-10-3-1-2-9(12(10)16)8-4-5-11(20)13(22)21(6-8)7-14(17,18)19;16-11-14-10-9(2-1-5-13-10)15(11)8-3-6-12-7-4-8;1-4-7(5-2)6-3;;;/h1-5,10,15-16,19H,6-9,11-14H2,(H,33,39)(H,32,34,40);1-3,8,11H,4-7,20H2;1-2,5,8,12H,3-4,6-7H2,(H,13,14,16);4-6H2,1-3H3;3*1H/t15?,19-;8-,11-;;;;;/m11...../s1. The largest absolute Gasteiger partial charge is 0.406 e. The number of hydrogen-bond acceptors (Lipinski definition) is 10. The molecule has 10 rings (SSSR count). The van der Waals surface area contributed by atoms with Crippen LogP contribution < -0.4 is 27.7 Å². The number of urea groups is 1. The van der Waals surface area contributed by atoms with Crippen molar-refractivity contribution in [2.75, 3.05) is 72.0 Å². The van der Waals surface area contributed by atoms with Crippen LogP contribution in [0, 0.1) is 23.3 Å². The Morgan fingerprint density at radius 3 is 1.47 bits per heavy atom. The normalized spacial score (nSPS) is 19.6. The van der Waals surface area contributed by atoms with E-state index in [2.05, 4.69) is 56.2 Å². The number of fused-ring (bicyclic) bond motifs is 2. The molecule has 88 heavy (non-hydrogen) atoms. The summed E-state index contributed by atoms with van der Waals surface area (Å²) in [5.74, 6) is -7.83. The van der Waals surface area contributed by atoms with Crippen molar-refractivity contribution in [1.29, 1.82) is 0 Å². The number of pyridine rings is 2. The lowest BCUT2D eigenvalue weighted by Gasteiger charge is -2.34. The fourth-order valence-electron chi connectivity index (χ4n) is 11.3. The highest BCUT2D eigenvalue weighted by atomic mass is 35.5. The van der Waals surface area contributed by atoms with Crippen molar-refractivity contribution in [3.05, 3.63) is 128 Å². The number of carbonyl (C=O) groups excluding carboxylic acids is 3. The Balaban J connectivity index is 0.000000289. The Bertz CT molecular complexity index is 3330. The van der Waals surface area contributed by atoms with Gasteiger partial charge in [-0.2, -0.15) is 26.3 Å². The first-order valence-electron chi connectivity index (χ1n) is 28.3. The van der Waals surface area contributed by atoms with Crippen LogP contribution in [0.25, 0.3) is 22.3 Å². The van der Waals surface area contributed by atoms with E-state index in [0.29, 0.717) is 45.5 Å². The molecule has 4 amide bonds. The summed E-state index contributed by atoms with van der Waals surface area (Å²) in [6.45, 7) is 8.74. The minimum Gasteiger partial charge on any atom is -0.332 e. The lowest BCUT2D eigenvalue weighted by atomic mass is 9.93. The highest BCUT2D eigenvalue weighted by Gasteiger charge is 2.42. The van der Waals surface area contributed by atoms with Crippen molar-refractivity contribution in [2.45, 2.75) is 120 Å². The molecule has 4 saturated heterocycles. The van der Waals surface area contributed by atoms with Gasteiger partial charge < -0.3 is 36.0 Å². The Labute approximate surface area is 519 Å². The van der Waals surface area contributed by atoms with Gasteiger partial charge in [-0.15, -0.1) is 37.2 Å². The first-order valence-corrected chi connectivity index (χ1v) is 28.3. The Morgan fingerprint density at radius 1 is 0.602 bits per heavy atom. The monoisotopic (exact) mass is 1320 g/mol. The first kappa shape index (κ1) is 74.0. The van der Waals surface area contributed by atoms with Crippen molar-refractivity contribution in [1.82, 2.24) is 59.3 Å². The second kappa shape index (κ2) is 33.4. The van der Waals surface area contributed by atoms with Crippen molar-refractivity contribution in [2.24, 2.45) is 5.73 Å². The number of aromatic nitrogens is 6. The third-order valence-corrected chi connectivity index (χ3v) is 15.7. The Kier molecular flexibility index (Phi) is 28.1. The lowest BCUT2D eigenvalue weighted by Crippen LogP contribution is -2.54. The number of rotatable bonds is 10. The summed E-state index contributed by atoms with van der Waals surface area (Å²) >= 11 is 0. The maximum absolute atomic E-state index is 14.5. The summed E-state index contributed by atoms with van der Waals surface area (Å²) in [5.41, 5.74) is 7.78. The first-order chi connectivity index (χ1) is 40.4. The zero-order valence-electron chi connectivity index (χ0n) is 48.5. The molecule has 8 heterocycles. The average molecular weight is 1320 g/mol. The summed E-state index contributed by atoms with van der Waals surface area (Å²) in [4.78, 5) is 81.2. The van der Waals surface area contributed by atoms with Gasteiger partial charge in [-0.25, -0.2) is 41.9 Å². The second-order valence-electron chi connectivity index (χ2n) is 21.3. The molecule has 0 radical (unpaired) electrons. The fourth-order valence-corrected chi connectivity index (χ4v) is 11.3. The molecule has 4 aliphatic rings. The van der Waals surface area contributed by atoms with Crippen molar-refractivity contribution in [3.63, 3.8) is 0 Å². The maximum atomic E-state index is 14.5. The molecule has 0 bridgehead atoms. The molecule has 18 nitrogen and oxygen atoms in total. The van der Waals surface area contributed by atoms with Crippen LogP contribution in [-0.2, 0) is 9.59 Å². The van der Waals surface area contributed by atoms with E-state index in [-0.39, 0.29) is 111 Å². The molecule has 4 fully saturated rings. The van der Waals surface area contributed by atoms with Gasteiger partial charge in [0.15, 0.2) is 34.6 Å². The minimum atomic E-state index is -4.72. The number of imidazole rings is 2. The summed E-state index contributed by atoms with van der Waals surface area (Å²) in [5, 5.41) is 5.86. The van der Waals surface area contributed by atoms with Gasteiger partial charge in [-0.05, 0) is 132 Å². The molecule has 31 heteroatoms. The number of nitrogens with zero attached hydrogens (tertiary/aromatic N) is 8. The smallest absolute Gasteiger partial charge is 0.332 e. The van der Waals surface area contributed by atoms with E-state index in [1.54, 1.807) is 29.1 Å². The highest BCUT2D eigenvalue weighted by molar-refractivity contribution is 5.88. The third-order valence-electron chi connectivity index (χ3n) is 15.7. The number of alkyl halides is 6. The number of nitrogens with two attached hydrogens (primary N) is 1. The minimum absolute atomic E-state index is 0. The average Bonchev–Trinajstić information content (AvgIpc) is 3.96. The predicted molar refractivity (Wildman–Crippen MR) is 319 cm³/mol. The molecule has 1 unspecified atom stereocenters. The number of amides is 4. The van der Waals surface area contributed by atoms with Crippen LogP contribution in [0.2, 0.25) is 0 Å². The molecule has 4 aliphatic heterocycles. The molecule has 4 atom stereocenters. The van der Waals surface area contributed by atoms with Gasteiger partial charge in [-0.1, -0.05) is 45.0 Å². The van der Waals surface area contributed by atoms with E-state index in [4.69, 9.17) is 5.73 Å². The number of likely N-dealkylation sites (tertiary alicyclic amines) is 3. The molecule has 4 aromatic heterocycles. The van der Waals surface area contributed by atoms with E-state index in [0.717, 1.165) is 43.6 Å². The lowest BCUT2D eigenvalue weighted by molar-refractivity contribution is -0.162. The topological polar surface area (TPSA) is 216 Å². The van der Waals surface area contributed by atoms with Gasteiger partial charge in [-0.3, -0.25) is 28.7 Å². The second-order valence-corrected chi connectivity index (χ2v) is 21.3. The van der Waals surface area contributed by atoms with Gasteiger partial charge in [0, 0.05) is 62.5 Å². The molecule has 0 saturated carbocycles. The molecule has 6 aromatic rings. The molecular weight excluding hydrogens is 1240 g/mol. The number of piperidine rings is 2. The van der Waals surface area contributed by atoms with Crippen LogP contribution in [0.15, 0.2) is 82.6 Å². The summed E-state index contributed by atoms with van der Waals surface area (Å²) < 4.78 is 137. The zero-order chi connectivity index (χ0) is 61.8. The van der Waals surface area contributed by atoms with Crippen LogP contribution in [-0.4, -0.2) is 163 Å². The summed E-state index contributed by atoms with van der Waals surface area (Å²) in [6, 6.07) is 11.4. The Hall–Kier alpha value is -6.46. The van der Waals surface area contributed by atoms with Crippen molar-refractivity contribution >= 4 is 77.4 Å². The summed E-state index contributed by atoms with van der Waals surface area (Å²) in [7, 11) is 0. The van der Waals surface area contributed by atoms with Gasteiger partial charge in [0.1, 0.15) is 19.1 Å². The van der Waals surface area contributed by atoms with Crippen LogP contribution in [0.3, 0.4) is 0 Å². The number of H-pyrrole nitrogens is 2. The van der Waals surface area contributed by atoms with Crippen molar-refractivity contribution < 1.29 is 58.3 Å². The van der Waals surface area contributed by atoms with E-state index in [9.17, 15) is 67.9 Å². The molecule has 0 spiro atoms. The molecule has 2 aromatic carbocycles. The van der Waals surface area contributed by atoms with E-state index in [1.165, 1.54) is 48.8 Å². The number of aromatic amines is 2. The molecular formula is C57H74Cl3F10N13O5. The zero-order valence-corrected chi connectivity index (χ0v) is 51.0. The maximum Gasteiger partial charge on any atom is 0.406 e. The number of carbonyl (C=O) groups is 3. The van der Waals surface area contributed by atoms with E-state index >= 15 is 0 Å². The molecule has 488 valence electrons. The van der Waals surface area contributed by atoms with Gasteiger partial charge in [0.2, 0.25) is 11.8 Å². The van der Waals surface area contributed by atoms with Gasteiger partial charge >= 0.3 is 29.8 Å². The predicted octanol–water partition coefficient (Wildman–Crippen LogP) is 9.51. The quantitative estimate of drug-likeness (QED) is 0.0819. The van der Waals surface area contributed by atoms with Crippen LogP contribution >= 0.6 is 37.2 Å².